The van der Waals surface area contributed by atoms with Crippen LogP contribution < -0.4 is 16.4 Å². The summed E-state index contributed by atoms with van der Waals surface area (Å²) in [7, 11) is 0. The molecule has 0 bridgehead atoms. The molecule has 2 heterocycles. The van der Waals surface area contributed by atoms with E-state index in [0.717, 1.165) is 25.0 Å². The van der Waals surface area contributed by atoms with Crippen LogP contribution in [0, 0.1) is 0 Å². The molecule has 0 aromatic carbocycles. The first kappa shape index (κ1) is 14.5. The van der Waals surface area contributed by atoms with Crippen LogP contribution in [0.5, 0.6) is 0 Å². The number of aryl methyl sites for hydroxylation is 3. The van der Waals surface area contributed by atoms with Crippen LogP contribution in [-0.4, -0.2) is 26.7 Å². The third kappa shape index (κ3) is 3.42. The van der Waals surface area contributed by atoms with E-state index in [-0.39, 0.29) is 18.4 Å². The number of aromatic nitrogens is 3. The standard InChI is InChI=1S/C13H16N6O2S/c14-10(20)4-6-19-7-5-11(18-19)16-12(21)17-13-15-8-2-1-3-9(8)22-13/h5,7H,1-4,6H2,(H2,14,20)(H2,15,16,17,18,21). The van der Waals surface area contributed by atoms with E-state index in [4.69, 9.17) is 5.73 Å². The van der Waals surface area contributed by atoms with Crippen molar-refractivity contribution >= 4 is 34.2 Å². The van der Waals surface area contributed by atoms with Crippen molar-refractivity contribution in [1.29, 1.82) is 0 Å². The highest BCUT2D eigenvalue weighted by atomic mass is 32.1. The van der Waals surface area contributed by atoms with Gasteiger partial charge in [0.15, 0.2) is 10.9 Å². The number of primary amides is 1. The van der Waals surface area contributed by atoms with Gasteiger partial charge in [-0.2, -0.15) is 5.10 Å². The van der Waals surface area contributed by atoms with E-state index in [1.165, 1.54) is 16.2 Å². The zero-order valence-corrected chi connectivity index (χ0v) is 12.7. The van der Waals surface area contributed by atoms with Gasteiger partial charge < -0.3 is 5.73 Å². The second kappa shape index (κ2) is 6.14. The molecule has 0 unspecified atom stereocenters. The highest BCUT2D eigenvalue weighted by molar-refractivity contribution is 7.15. The van der Waals surface area contributed by atoms with Crippen LogP contribution in [0.2, 0.25) is 0 Å². The zero-order chi connectivity index (χ0) is 15.5. The molecule has 0 spiro atoms. The van der Waals surface area contributed by atoms with Crippen LogP contribution in [0.15, 0.2) is 12.3 Å². The van der Waals surface area contributed by atoms with Crippen LogP contribution in [0.25, 0.3) is 0 Å². The van der Waals surface area contributed by atoms with Gasteiger partial charge in [-0.15, -0.1) is 11.3 Å². The number of amides is 3. The van der Waals surface area contributed by atoms with Crippen molar-refractivity contribution in [1.82, 2.24) is 14.8 Å². The monoisotopic (exact) mass is 320 g/mol. The molecule has 3 amide bonds. The largest absolute Gasteiger partial charge is 0.370 e. The Morgan fingerprint density at radius 1 is 1.36 bits per heavy atom. The number of hydrogen-bond donors (Lipinski definition) is 3. The van der Waals surface area contributed by atoms with Crippen molar-refractivity contribution in [2.45, 2.75) is 32.2 Å². The summed E-state index contributed by atoms with van der Waals surface area (Å²) in [4.78, 5) is 28.3. The van der Waals surface area contributed by atoms with Gasteiger partial charge in [0.2, 0.25) is 5.91 Å². The highest BCUT2D eigenvalue weighted by Crippen LogP contribution is 2.30. The normalized spacial score (nSPS) is 12.9. The van der Waals surface area contributed by atoms with Crippen LogP contribution >= 0.6 is 11.3 Å². The minimum absolute atomic E-state index is 0.206. The Morgan fingerprint density at radius 2 is 2.23 bits per heavy atom. The lowest BCUT2D eigenvalue weighted by molar-refractivity contribution is -0.118. The quantitative estimate of drug-likeness (QED) is 0.771. The van der Waals surface area contributed by atoms with Gasteiger partial charge in [0.25, 0.3) is 0 Å². The lowest BCUT2D eigenvalue weighted by atomic mass is 10.4. The summed E-state index contributed by atoms with van der Waals surface area (Å²) in [5.74, 6) is 0.0191. The van der Waals surface area contributed by atoms with Gasteiger partial charge in [-0.25, -0.2) is 9.78 Å². The maximum atomic E-state index is 11.9. The maximum absolute atomic E-state index is 11.9. The molecule has 0 atom stereocenters. The molecule has 1 aliphatic rings. The molecule has 4 N–H and O–H groups in total. The highest BCUT2D eigenvalue weighted by Gasteiger charge is 2.17. The third-order valence-electron chi connectivity index (χ3n) is 3.29. The Bertz CT molecular complexity index is 686. The number of thiazole rings is 1. The van der Waals surface area contributed by atoms with E-state index < -0.39 is 0 Å². The maximum Gasteiger partial charge on any atom is 0.326 e. The van der Waals surface area contributed by atoms with E-state index in [2.05, 4.69) is 20.7 Å². The van der Waals surface area contributed by atoms with Gasteiger partial charge in [-0.1, -0.05) is 0 Å². The molecule has 22 heavy (non-hydrogen) atoms. The van der Waals surface area contributed by atoms with Crippen molar-refractivity contribution in [2.75, 3.05) is 10.6 Å². The van der Waals surface area contributed by atoms with Crippen molar-refractivity contribution in [3.05, 3.63) is 22.8 Å². The summed E-state index contributed by atoms with van der Waals surface area (Å²) in [6.45, 7) is 0.387. The Morgan fingerprint density at radius 3 is 3.00 bits per heavy atom. The molecule has 2 aromatic heterocycles. The van der Waals surface area contributed by atoms with Crippen molar-refractivity contribution in [3.8, 4) is 0 Å². The Labute approximate surface area is 130 Å². The Hall–Kier alpha value is -2.42. The average Bonchev–Trinajstić information content (AvgIpc) is 3.12. The van der Waals surface area contributed by atoms with Gasteiger partial charge in [0.05, 0.1) is 5.69 Å². The molecule has 0 radical (unpaired) electrons. The Balaban J connectivity index is 1.53. The number of nitrogens with one attached hydrogen (secondary N) is 2. The van der Waals surface area contributed by atoms with Crippen molar-refractivity contribution in [2.24, 2.45) is 5.73 Å². The molecule has 3 rings (SSSR count). The fourth-order valence-corrected chi connectivity index (χ4v) is 3.31. The number of rotatable bonds is 5. The van der Waals surface area contributed by atoms with Crippen LogP contribution in [0.1, 0.15) is 23.4 Å². The first-order valence-electron chi connectivity index (χ1n) is 6.98. The van der Waals surface area contributed by atoms with Crippen LogP contribution in [0.3, 0.4) is 0 Å². The Kier molecular flexibility index (Phi) is 4.05. The van der Waals surface area contributed by atoms with E-state index in [1.807, 2.05) is 0 Å². The number of fused-ring (bicyclic) bond motifs is 1. The molecule has 1 aliphatic carbocycles. The molecular weight excluding hydrogens is 304 g/mol. The molecule has 116 valence electrons. The van der Waals surface area contributed by atoms with Crippen LogP contribution in [0.4, 0.5) is 15.7 Å². The predicted molar refractivity (Wildman–Crippen MR) is 82.8 cm³/mol. The van der Waals surface area contributed by atoms with Crippen LogP contribution in [-0.2, 0) is 24.2 Å². The van der Waals surface area contributed by atoms with E-state index in [0.29, 0.717) is 17.5 Å². The van der Waals surface area contributed by atoms with E-state index in [9.17, 15) is 9.59 Å². The summed E-state index contributed by atoms with van der Waals surface area (Å²) in [6, 6.07) is 1.27. The van der Waals surface area contributed by atoms with Gasteiger partial charge >= 0.3 is 6.03 Å². The fraction of sp³-hybridized carbons (Fsp3) is 0.385. The third-order valence-corrected chi connectivity index (χ3v) is 4.36. The van der Waals surface area contributed by atoms with E-state index >= 15 is 0 Å². The summed E-state index contributed by atoms with van der Waals surface area (Å²) >= 11 is 1.52. The first-order valence-corrected chi connectivity index (χ1v) is 7.80. The molecule has 9 heteroatoms. The molecule has 0 fully saturated rings. The summed E-state index contributed by atoms with van der Waals surface area (Å²) in [5, 5.41) is 10.1. The predicted octanol–water partition coefficient (Wildman–Crippen LogP) is 1.35. The number of nitrogens with zero attached hydrogens (tertiary/aromatic N) is 3. The van der Waals surface area contributed by atoms with Gasteiger partial charge in [-0.3, -0.25) is 20.1 Å². The minimum Gasteiger partial charge on any atom is -0.370 e. The first-order chi connectivity index (χ1) is 10.6. The summed E-state index contributed by atoms with van der Waals surface area (Å²) in [6.07, 6.45) is 5.05. The average molecular weight is 320 g/mol. The number of hydrogen-bond acceptors (Lipinski definition) is 5. The van der Waals surface area contributed by atoms with Gasteiger partial charge in [0.1, 0.15) is 0 Å². The van der Waals surface area contributed by atoms with Crippen molar-refractivity contribution < 1.29 is 9.59 Å². The summed E-state index contributed by atoms with van der Waals surface area (Å²) in [5.41, 5.74) is 6.17. The van der Waals surface area contributed by atoms with Gasteiger partial charge in [0, 0.05) is 30.1 Å². The molecule has 0 aliphatic heterocycles. The second-order valence-electron chi connectivity index (χ2n) is 5.00. The fourth-order valence-electron chi connectivity index (χ4n) is 2.27. The molecule has 8 nitrogen and oxygen atoms in total. The molecule has 0 saturated carbocycles. The number of anilines is 2. The number of carbonyl (C=O) groups excluding carboxylic acids is 2. The van der Waals surface area contributed by atoms with Crippen molar-refractivity contribution in [3.63, 3.8) is 0 Å². The number of nitrogens with two attached hydrogens (primary N) is 1. The van der Waals surface area contributed by atoms with Gasteiger partial charge in [-0.05, 0) is 19.3 Å². The summed E-state index contributed by atoms with van der Waals surface area (Å²) < 4.78 is 1.55. The molecule has 0 saturated heterocycles. The smallest absolute Gasteiger partial charge is 0.326 e. The lowest BCUT2D eigenvalue weighted by Gasteiger charge is -2.02. The SMILES string of the molecule is NC(=O)CCn1ccc(NC(=O)Nc2nc3c(s2)CCC3)n1. The second-order valence-corrected chi connectivity index (χ2v) is 6.09. The minimum atomic E-state index is -0.389. The molecular formula is C13H16N6O2S. The number of carbonyl (C=O) groups is 2. The lowest BCUT2D eigenvalue weighted by Crippen LogP contribution is -2.20. The molecule has 2 aromatic rings. The number of urea groups is 1. The topological polar surface area (TPSA) is 115 Å². The zero-order valence-electron chi connectivity index (χ0n) is 11.8. The van der Waals surface area contributed by atoms with E-state index in [1.54, 1.807) is 16.9 Å².